The summed E-state index contributed by atoms with van der Waals surface area (Å²) >= 11 is 3.29. The zero-order valence-electron chi connectivity index (χ0n) is 11.5. The van der Waals surface area contributed by atoms with E-state index in [4.69, 9.17) is 0 Å². The van der Waals surface area contributed by atoms with E-state index in [1.165, 1.54) is 11.3 Å². The van der Waals surface area contributed by atoms with Crippen LogP contribution < -0.4 is 0 Å². The van der Waals surface area contributed by atoms with Crippen molar-refractivity contribution in [1.29, 1.82) is 0 Å². The third-order valence-electron chi connectivity index (χ3n) is 2.98. The Labute approximate surface area is 127 Å². The van der Waals surface area contributed by atoms with Crippen molar-refractivity contribution in [3.8, 4) is 10.4 Å². The predicted molar refractivity (Wildman–Crippen MR) is 85.6 cm³/mol. The lowest BCUT2D eigenvalue weighted by molar-refractivity contribution is 0.0692. The van der Waals surface area contributed by atoms with E-state index in [0.717, 1.165) is 27.6 Å². The van der Waals surface area contributed by atoms with Crippen LogP contribution in [0.4, 0.5) is 0 Å². The van der Waals surface area contributed by atoms with Gasteiger partial charge in [0.1, 0.15) is 5.01 Å². The smallest absolute Gasteiger partial charge is 0.356 e. The standard InChI is InChI=1S/C15H17NO2S2/c1-3-10(2)19-9-12-16-13(15(17)18)14(20-12)11-7-5-4-6-8-11/h4-8,10H,3,9H2,1-2H3,(H,17,18). The van der Waals surface area contributed by atoms with Gasteiger partial charge in [-0.2, -0.15) is 11.8 Å². The maximum Gasteiger partial charge on any atom is 0.356 e. The van der Waals surface area contributed by atoms with Crippen molar-refractivity contribution < 1.29 is 9.90 Å². The number of carboxylic acid groups (broad SMARTS) is 1. The first-order valence-corrected chi connectivity index (χ1v) is 8.38. The van der Waals surface area contributed by atoms with Gasteiger partial charge in [0.25, 0.3) is 0 Å². The van der Waals surface area contributed by atoms with Crippen LogP contribution in [0.2, 0.25) is 0 Å². The average Bonchev–Trinajstić information content (AvgIpc) is 2.90. The summed E-state index contributed by atoms with van der Waals surface area (Å²) in [6.45, 7) is 4.33. The highest BCUT2D eigenvalue weighted by Crippen LogP contribution is 2.32. The largest absolute Gasteiger partial charge is 0.476 e. The van der Waals surface area contributed by atoms with E-state index in [1.54, 1.807) is 0 Å². The van der Waals surface area contributed by atoms with Gasteiger partial charge in [-0.1, -0.05) is 44.2 Å². The fraction of sp³-hybridized carbons (Fsp3) is 0.333. The van der Waals surface area contributed by atoms with Gasteiger partial charge in [0.05, 0.1) is 4.88 Å². The number of hydrogen-bond acceptors (Lipinski definition) is 4. The molecule has 2 aromatic rings. The van der Waals surface area contributed by atoms with Gasteiger partial charge >= 0.3 is 5.97 Å². The van der Waals surface area contributed by atoms with Crippen LogP contribution >= 0.6 is 23.1 Å². The number of rotatable bonds is 6. The SMILES string of the molecule is CCC(C)SCc1nc(C(=O)O)c(-c2ccccc2)s1. The minimum atomic E-state index is -0.958. The zero-order valence-corrected chi connectivity index (χ0v) is 13.1. The summed E-state index contributed by atoms with van der Waals surface area (Å²) in [7, 11) is 0. The summed E-state index contributed by atoms with van der Waals surface area (Å²) in [5, 5.41) is 10.7. The van der Waals surface area contributed by atoms with Gasteiger partial charge in [-0.25, -0.2) is 9.78 Å². The first-order chi connectivity index (χ1) is 9.61. The Kier molecular flexibility index (Phi) is 5.20. The monoisotopic (exact) mass is 307 g/mol. The van der Waals surface area contributed by atoms with Gasteiger partial charge in [-0.3, -0.25) is 0 Å². The van der Waals surface area contributed by atoms with Crippen molar-refractivity contribution in [2.45, 2.75) is 31.3 Å². The lowest BCUT2D eigenvalue weighted by atomic mass is 10.1. The number of aromatic carboxylic acids is 1. The first kappa shape index (κ1) is 15.1. The number of benzene rings is 1. The molecule has 0 aliphatic carbocycles. The van der Waals surface area contributed by atoms with Gasteiger partial charge in [-0.05, 0) is 12.0 Å². The molecule has 106 valence electrons. The van der Waals surface area contributed by atoms with E-state index in [-0.39, 0.29) is 5.69 Å². The molecular weight excluding hydrogens is 290 g/mol. The van der Waals surface area contributed by atoms with Gasteiger partial charge < -0.3 is 5.11 Å². The molecule has 0 amide bonds. The van der Waals surface area contributed by atoms with Crippen molar-refractivity contribution in [2.24, 2.45) is 0 Å². The van der Waals surface area contributed by atoms with E-state index >= 15 is 0 Å². The fourth-order valence-corrected chi connectivity index (χ4v) is 3.71. The summed E-state index contributed by atoms with van der Waals surface area (Å²) in [6.07, 6.45) is 1.10. The number of aromatic nitrogens is 1. The summed E-state index contributed by atoms with van der Waals surface area (Å²) in [5.74, 6) is -0.188. The van der Waals surface area contributed by atoms with Crippen molar-refractivity contribution in [2.75, 3.05) is 0 Å². The number of thioether (sulfide) groups is 1. The van der Waals surface area contributed by atoms with Crippen LogP contribution in [-0.4, -0.2) is 21.3 Å². The van der Waals surface area contributed by atoms with Crippen LogP contribution in [0.25, 0.3) is 10.4 Å². The molecule has 0 saturated heterocycles. The number of hydrogen-bond donors (Lipinski definition) is 1. The van der Waals surface area contributed by atoms with Crippen molar-refractivity contribution in [3.63, 3.8) is 0 Å². The summed E-state index contributed by atoms with van der Waals surface area (Å²) in [6, 6.07) is 9.59. The topological polar surface area (TPSA) is 50.2 Å². The first-order valence-electron chi connectivity index (χ1n) is 6.51. The van der Waals surface area contributed by atoms with E-state index in [2.05, 4.69) is 18.8 Å². The van der Waals surface area contributed by atoms with Gasteiger partial charge in [0.15, 0.2) is 5.69 Å². The molecule has 1 aromatic carbocycles. The quantitative estimate of drug-likeness (QED) is 0.851. The van der Waals surface area contributed by atoms with Crippen LogP contribution in [0, 0.1) is 0 Å². The molecule has 0 aliphatic rings. The van der Waals surface area contributed by atoms with Crippen LogP contribution in [0.5, 0.6) is 0 Å². The Bertz CT molecular complexity index is 581. The molecule has 0 aliphatic heterocycles. The Morgan fingerprint density at radius 2 is 2.10 bits per heavy atom. The van der Waals surface area contributed by atoms with E-state index < -0.39 is 5.97 Å². The molecule has 1 heterocycles. The maximum atomic E-state index is 11.3. The Hall–Kier alpha value is -1.33. The molecule has 0 spiro atoms. The average molecular weight is 307 g/mol. The molecule has 1 unspecified atom stereocenters. The number of nitrogens with zero attached hydrogens (tertiary/aromatic N) is 1. The highest BCUT2D eigenvalue weighted by molar-refractivity contribution is 7.99. The van der Waals surface area contributed by atoms with Gasteiger partial charge in [0.2, 0.25) is 0 Å². The van der Waals surface area contributed by atoms with Crippen molar-refractivity contribution in [3.05, 3.63) is 41.0 Å². The normalized spacial score (nSPS) is 12.3. The fourth-order valence-electron chi connectivity index (χ4n) is 1.69. The molecule has 0 fully saturated rings. The second kappa shape index (κ2) is 6.90. The van der Waals surface area contributed by atoms with Gasteiger partial charge in [0, 0.05) is 11.0 Å². The molecule has 1 aromatic heterocycles. The molecule has 2 rings (SSSR count). The van der Waals surface area contributed by atoms with Crippen molar-refractivity contribution >= 4 is 29.1 Å². The maximum absolute atomic E-state index is 11.3. The lowest BCUT2D eigenvalue weighted by Crippen LogP contribution is -1.99. The molecule has 0 saturated carbocycles. The van der Waals surface area contributed by atoms with Crippen LogP contribution in [0.3, 0.4) is 0 Å². The Morgan fingerprint density at radius 3 is 2.70 bits per heavy atom. The molecule has 20 heavy (non-hydrogen) atoms. The van der Waals surface area contributed by atoms with E-state index in [1.807, 2.05) is 42.1 Å². The molecule has 1 atom stereocenters. The van der Waals surface area contributed by atoms with E-state index in [9.17, 15) is 9.90 Å². The zero-order chi connectivity index (χ0) is 14.5. The second-order valence-electron chi connectivity index (χ2n) is 4.49. The van der Waals surface area contributed by atoms with Gasteiger partial charge in [-0.15, -0.1) is 11.3 Å². The minimum Gasteiger partial charge on any atom is -0.476 e. The van der Waals surface area contributed by atoms with Crippen molar-refractivity contribution in [1.82, 2.24) is 4.98 Å². The summed E-state index contributed by atoms with van der Waals surface area (Å²) in [5.41, 5.74) is 1.09. The third-order valence-corrected chi connectivity index (χ3v) is 5.61. The third kappa shape index (κ3) is 3.61. The van der Waals surface area contributed by atoms with Crippen LogP contribution in [0.15, 0.2) is 30.3 Å². The molecule has 3 nitrogen and oxygen atoms in total. The Balaban J connectivity index is 2.27. The molecular formula is C15H17NO2S2. The number of carbonyl (C=O) groups is 1. The van der Waals surface area contributed by atoms with Crippen LogP contribution in [-0.2, 0) is 5.75 Å². The number of thiazole rings is 1. The molecule has 0 radical (unpaired) electrons. The van der Waals surface area contributed by atoms with E-state index in [0.29, 0.717) is 5.25 Å². The minimum absolute atomic E-state index is 0.168. The number of carboxylic acids is 1. The summed E-state index contributed by atoms with van der Waals surface area (Å²) in [4.78, 5) is 16.4. The second-order valence-corrected chi connectivity index (χ2v) is 7.00. The Morgan fingerprint density at radius 1 is 1.40 bits per heavy atom. The highest BCUT2D eigenvalue weighted by Gasteiger charge is 2.18. The highest BCUT2D eigenvalue weighted by atomic mass is 32.2. The lowest BCUT2D eigenvalue weighted by Gasteiger charge is -2.05. The molecule has 5 heteroatoms. The molecule has 1 N–H and O–H groups in total. The predicted octanol–water partition coefficient (Wildman–Crippen LogP) is 4.54. The molecule has 0 bridgehead atoms. The summed E-state index contributed by atoms with van der Waals surface area (Å²) < 4.78 is 0. The van der Waals surface area contributed by atoms with Crippen LogP contribution in [0.1, 0.15) is 35.8 Å².